The van der Waals surface area contributed by atoms with Crippen molar-refractivity contribution in [2.75, 3.05) is 12.4 Å². The lowest BCUT2D eigenvalue weighted by Gasteiger charge is -2.11. The molecule has 0 amide bonds. The molecule has 0 radical (unpaired) electrons. The highest BCUT2D eigenvalue weighted by Crippen LogP contribution is 2.23. The van der Waals surface area contributed by atoms with E-state index in [-0.39, 0.29) is 5.78 Å². The molecule has 88 valence electrons. The van der Waals surface area contributed by atoms with Gasteiger partial charge >= 0.3 is 0 Å². The zero-order valence-corrected chi connectivity index (χ0v) is 10.9. The lowest BCUT2D eigenvalue weighted by Crippen LogP contribution is -2.04. The molecule has 2 nitrogen and oxygen atoms in total. The SMILES string of the molecule is CCOc1cc(C)c(C(=O)CCS)cc1C. The Morgan fingerprint density at radius 1 is 1.31 bits per heavy atom. The maximum Gasteiger partial charge on any atom is 0.163 e. The van der Waals surface area contributed by atoms with E-state index < -0.39 is 0 Å². The monoisotopic (exact) mass is 238 g/mol. The molecule has 3 heteroatoms. The van der Waals surface area contributed by atoms with Gasteiger partial charge in [-0.1, -0.05) is 0 Å². The third-order valence-electron chi connectivity index (χ3n) is 2.46. The van der Waals surface area contributed by atoms with Gasteiger partial charge in [-0.3, -0.25) is 4.79 Å². The molecule has 0 bridgehead atoms. The molecule has 0 aromatic heterocycles. The number of hydrogen-bond donors (Lipinski definition) is 1. The van der Waals surface area contributed by atoms with Crippen LogP contribution in [0.15, 0.2) is 12.1 Å². The standard InChI is InChI=1S/C13H18O2S/c1-4-15-13-8-9(2)11(7-10(13)3)12(14)5-6-16/h7-8,16H,4-6H2,1-3H3. The molecular weight excluding hydrogens is 220 g/mol. The van der Waals surface area contributed by atoms with Crippen molar-refractivity contribution in [3.05, 3.63) is 28.8 Å². The van der Waals surface area contributed by atoms with Gasteiger partial charge in [0.2, 0.25) is 0 Å². The lowest BCUT2D eigenvalue weighted by atomic mass is 10.00. The minimum Gasteiger partial charge on any atom is -0.494 e. The second-order valence-electron chi connectivity index (χ2n) is 3.76. The Hall–Kier alpha value is -0.960. The smallest absolute Gasteiger partial charge is 0.163 e. The summed E-state index contributed by atoms with van der Waals surface area (Å²) in [4.78, 5) is 11.8. The molecule has 1 aromatic rings. The van der Waals surface area contributed by atoms with E-state index >= 15 is 0 Å². The Morgan fingerprint density at radius 2 is 2.00 bits per heavy atom. The quantitative estimate of drug-likeness (QED) is 0.630. The summed E-state index contributed by atoms with van der Waals surface area (Å²) in [5.74, 6) is 1.60. The van der Waals surface area contributed by atoms with Crippen molar-refractivity contribution >= 4 is 18.4 Å². The van der Waals surface area contributed by atoms with Gasteiger partial charge < -0.3 is 4.74 Å². The van der Waals surface area contributed by atoms with Crippen LogP contribution >= 0.6 is 12.6 Å². The third kappa shape index (κ3) is 3.01. The molecular formula is C13H18O2S. The maximum atomic E-state index is 11.8. The largest absolute Gasteiger partial charge is 0.494 e. The number of carbonyl (C=O) groups is 1. The van der Waals surface area contributed by atoms with Crippen LogP contribution in [-0.2, 0) is 0 Å². The fraction of sp³-hybridized carbons (Fsp3) is 0.462. The first-order valence-corrected chi connectivity index (χ1v) is 6.11. The van der Waals surface area contributed by atoms with Gasteiger partial charge in [-0.15, -0.1) is 0 Å². The molecule has 16 heavy (non-hydrogen) atoms. The zero-order valence-electron chi connectivity index (χ0n) is 10.0. The number of hydrogen-bond acceptors (Lipinski definition) is 3. The van der Waals surface area contributed by atoms with Gasteiger partial charge in [-0.2, -0.15) is 12.6 Å². The van der Waals surface area contributed by atoms with Gasteiger partial charge in [-0.25, -0.2) is 0 Å². The summed E-state index contributed by atoms with van der Waals surface area (Å²) < 4.78 is 5.49. The number of benzene rings is 1. The van der Waals surface area contributed by atoms with Crippen molar-refractivity contribution in [1.29, 1.82) is 0 Å². The van der Waals surface area contributed by atoms with Crippen LogP contribution in [0.1, 0.15) is 34.8 Å². The summed E-state index contributed by atoms with van der Waals surface area (Å²) >= 11 is 4.08. The second-order valence-corrected chi connectivity index (χ2v) is 4.21. The van der Waals surface area contributed by atoms with E-state index in [4.69, 9.17) is 4.74 Å². The molecule has 0 fully saturated rings. The Labute approximate surface area is 102 Å². The summed E-state index contributed by atoms with van der Waals surface area (Å²) in [7, 11) is 0. The molecule has 0 aliphatic rings. The average molecular weight is 238 g/mol. The molecule has 0 unspecified atom stereocenters. The van der Waals surface area contributed by atoms with E-state index in [2.05, 4.69) is 12.6 Å². The fourth-order valence-corrected chi connectivity index (χ4v) is 1.84. The predicted molar refractivity (Wildman–Crippen MR) is 69.9 cm³/mol. The average Bonchev–Trinajstić information content (AvgIpc) is 2.23. The molecule has 0 atom stereocenters. The minimum atomic E-state index is 0.152. The molecule has 0 saturated heterocycles. The molecule has 1 rings (SSSR count). The maximum absolute atomic E-state index is 11.8. The van der Waals surface area contributed by atoms with Gasteiger partial charge in [0.1, 0.15) is 5.75 Å². The Balaban J connectivity index is 3.05. The predicted octanol–water partition coefficient (Wildman–Crippen LogP) is 3.20. The highest BCUT2D eigenvalue weighted by molar-refractivity contribution is 7.80. The number of carbonyl (C=O) groups excluding carboxylic acids is 1. The van der Waals surface area contributed by atoms with Crippen molar-refractivity contribution in [3.63, 3.8) is 0 Å². The minimum absolute atomic E-state index is 0.152. The molecule has 0 N–H and O–H groups in total. The van der Waals surface area contributed by atoms with Crippen molar-refractivity contribution in [2.45, 2.75) is 27.2 Å². The van der Waals surface area contributed by atoms with Gasteiger partial charge in [0.05, 0.1) is 6.61 Å². The molecule has 1 aromatic carbocycles. The Morgan fingerprint density at radius 3 is 2.56 bits per heavy atom. The summed E-state index contributed by atoms with van der Waals surface area (Å²) in [6, 6.07) is 3.84. The summed E-state index contributed by atoms with van der Waals surface area (Å²) in [5, 5.41) is 0. The van der Waals surface area contributed by atoms with Gasteiger partial charge in [0.15, 0.2) is 5.78 Å². The summed E-state index contributed by atoms with van der Waals surface area (Å²) in [6.45, 7) is 6.49. The first kappa shape index (κ1) is 13.1. The van der Waals surface area contributed by atoms with Gasteiger partial charge in [0, 0.05) is 12.0 Å². The van der Waals surface area contributed by atoms with Crippen LogP contribution in [0.4, 0.5) is 0 Å². The fourth-order valence-electron chi connectivity index (χ4n) is 1.64. The Bertz CT molecular complexity index is 386. The van der Waals surface area contributed by atoms with Crippen LogP contribution < -0.4 is 4.74 Å². The highest BCUT2D eigenvalue weighted by Gasteiger charge is 2.11. The molecule has 0 aliphatic heterocycles. The van der Waals surface area contributed by atoms with Crippen LogP contribution in [-0.4, -0.2) is 18.1 Å². The van der Waals surface area contributed by atoms with Gasteiger partial charge in [0.25, 0.3) is 0 Å². The first-order valence-electron chi connectivity index (χ1n) is 5.48. The molecule has 0 saturated carbocycles. The van der Waals surface area contributed by atoms with Crippen LogP contribution in [0.3, 0.4) is 0 Å². The topological polar surface area (TPSA) is 26.3 Å². The number of ketones is 1. The van der Waals surface area contributed by atoms with Crippen LogP contribution in [0.25, 0.3) is 0 Å². The van der Waals surface area contributed by atoms with E-state index in [1.807, 2.05) is 32.9 Å². The summed E-state index contributed by atoms with van der Waals surface area (Å²) in [6.07, 6.45) is 0.484. The summed E-state index contributed by atoms with van der Waals surface area (Å²) in [5.41, 5.74) is 2.77. The van der Waals surface area contributed by atoms with Crippen molar-refractivity contribution in [3.8, 4) is 5.75 Å². The van der Waals surface area contributed by atoms with E-state index in [0.717, 1.165) is 22.4 Å². The zero-order chi connectivity index (χ0) is 12.1. The number of thiol groups is 1. The van der Waals surface area contributed by atoms with E-state index in [0.29, 0.717) is 18.8 Å². The van der Waals surface area contributed by atoms with E-state index in [9.17, 15) is 4.79 Å². The molecule has 0 heterocycles. The van der Waals surface area contributed by atoms with E-state index in [1.165, 1.54) is 0 Å². The van der Waals surface area contributed by atoms with Crippen LogP contribution in [0.2, 0.25) is 0 Å². The first-order chi connectivity index (χ1) is 7.60. The van der Waals surface area contributed by atoms with Gasteiger partial charge in [-0.05, 0) is 49.8 Å². The lowest BCUT2D eigenvalue weighted by molar-refractivity contribution is 0.0989. The van der Waals surface area contributed by atoms with Crippen LogP contribution in [0, 0.1) is 13.8 Å². The van der Waals surface area contributed by atoms with Crippen molar-refractivity contribution in [2.24, 2.45) is 0 Å². The molecule has 0 aliphatic carbocycles. The number of ether oxygens (including phenoxy) is 1. The van der Waals surface area contributed by atoms with Crippen molar-refractivity contribution < 1.29 is 9.53 Å². The van der Waals surface area contributed by atoms with E-state index in [1.54, 1.807) is 0 Å². The third-order valence-corrected chi connectivity index (χ3v) is 2.68. The number of Topliss-reactive ketones (excluding diaryl/α,β-unsaturated/α-hetero) is 1. The normalized spacial score (nSPS) is 10.2. The Kier molecular flexibility index (Phi) is 4.87. The number of rotatable bonds is 5. The van der Waals surface area contributed by atoms with Crippen molar-refractivity contribution in [1.82, 2.24) is 0 Å². The molecule has 0 spiro atoms. The highest BCUT2D eigenvalue weighted by atomic mass is 32.1. The second kappa shape index (κ2) is 5.94. The number of aryl methyl sites for hydroxylation is 2. The van der Waals surface area contributed by atoms with Crippen LogP contribution in [0.5, 0.6) is 5.75 Å².